The molecule has 1 fully saturated rings. The average Bonchev–Trinajstić information content (AvgIpc) is 2.29. The van der Waals surface area contributed by atoms with Crippen LogP contribution >= 0.6 is 0 Å². The lowest BCUT2D eigenvalue weighted by molar-refractivity contribution is -0.132. The minimum Gasteiger partial charge on any atom is -0.375 e. The quantitative estimate of drug-likeness (QED) is 0.791. The van der Waals surface area contributed by atoms with E-state index in [1.807, 2.05) is 30.3 Å². The van der Waals surface area contributed by atoms with Crippen LogP contribution in [0.5, 0.6) is 0 Å². The Hall–Kier alpha value is -1.68. The highest BCUT2D eigenvalue weighted by atomic mass is 16.5. The molecule has 1 saturated heterocycles. The van der Waals surface area contributed by atoms with Crippen LogP contribution in [0, 0.1) is 0 Å². The third kappa shape index (κ3) is 3.67. The summed E-state index contributed by atoms with van der Waals surface area (Å²) in [5.41, 5.74) is 1.08. The van der Waals surface area contributed by atoms with E-state index in [4.69, 9.17) is 4.74 Å². The van der Waals surface area contributed by atoms with E-state index in [0.29, 0.717) is 19.6 Å². The van der Waals surface area contributed by atoms with Crippen molar-refractivity contribution in [1.29, 1.82) is 0 Å². The summed E-state index contributed by atoms with van der Waals surface area (Å²) in [6, 6.07) is 9.63. The van der Waals surface area contributed by atoms with Gasteiger partial charge in [-0.3, -0.25) is 9.59 Å². The minimum atomic E-state index is -0.199. The van der Waals surface area contributed by atoms with Gasteiger partial charge >= 0.3 is 0 Å². The smallest absolute Gasteiger partial charge is 0.227 e. The van der Waals surface area contributed by atoms with Gasteiger partial charge in [-0.25, -0.2) is 0 Å². The van der Waals surface area contributed by atoms with Crippen LogP contribution in [0.3, 0.4) is 0 Å². The molecule has 0 aromatic heterocycles. The van der Waals surface area contributed by atoms with E-state index in [1.165, 1.54) is 0 Å². The monoisotopic (exact) mass is 233 g/mol. The Morgan fingerprint density at radius 3 is 2.71 bits per heavy atom. The molecule has 4 nitrogen and oxygen atoms in total. The van der Waals surface area contributed by atoms with Crippen molar-refractivity contribution in [2.45, 2.75) is 25.5 Å². The Morgan fingerprint density at radius 1 is 1.24 bits per heavy atom. The van der Waals surface area contributed by atoms with Gasteiger partial charge in [-0.2, -0.15) is 0 Å². The van der Waals surface area contributed by atoms with Gasteiger partial charge in [0.05, 0.1) is 25.7 Å². The Labute approximate surface area is 100.0 Å². The summed E-state index contributed by atoms with van der Waals surface area (Å²) in [5.74, 6) is -0.211. The minimum absolute atomic E-state index is 0.00911. The van der Waals surface area contributed by atoms with Crippen LogP contribution in [-0.2, 0) is 20.9 Å². The lowest BCUT2D eigenvalue weighted by atomic mass is 10.0. The molecule has 1 aliphatic heterocycles. The predicted molar refractivity (Wildman–Crippen MR) is 62.3 cm³/mol. The molecule has 1 aromatic rings. The fraction of sp³-hybridized carbons (Fsp3) is 0.385. The van der Waals surface area contributed by atoms with Crippen molar-refractivity contribution in [2.75, 3.05) is 6.61 Å². The standard InChI is InChI=1S/C13H15NO3/c15-12-6-11(14-13(16)7-12)9-17-8-10-4-2-1-3-5-10/h1-5,11H,6-9H2,(H,14,16)/t11-/m1/s1. The van der Waals surface area contributed by atoms with Crippen molar-refractivity contribution in [3.05, 3.63) is 35.9 Å². The van der Waals surface area contributed by atoms with Crippen LogP contribution in [0.4, 0.5) is 0 Å². The highest BCUT2D eigenvalue weighted by Crippen LogP contribution is 2.07. The number of carbonyl (C=O) groups is 2. The summed E-state index contributed by atoms with van der Waals surface area (Å²) in [6.45, 7) is 0.883. The summed E-state index contributed by atoms with van der Waals surface area (Å²) in [6.07, 6.45) is 0.385. The Bertz CT molecular complexity index is 386. The summed E-state index contributed by atoms with van der Waals surface area (Å²) in [7, 11) is 0. The number of hydrogen-bond acceptors (Lipinski definition) is 3. The van der Waals surface area contributed by atoms with Crippen molar-refractivity contribution in [3.8, 4) is 0 Å². The zero-order valence-corrected chi connectivity index (χ0v) is 9.52. The molecule has 1 aromatic carbocycles. The second kappa shape index (κ2) is 5.59. The van der Waals surface area contributed by atoms with Gasteiger partial charge in [-0.05, 0) is 5.56 Å². The fourth-order valence-corrected chi connectivity index (χ4v) is 1.85. The lowest BCUT2D eigenvalue weighted by Crippen LogP contribution is -2.45. The number of Topliss-reactive ketones (excluding diaryl/α,β-unsaturated/α-hetero) is 1. The first-order chi connectivity index (χ1) is 8.24. The van der Waals surface area contributed by atoms with Crippen molar-refractivity contribution in [3.63, 3.8) is 0 Å². The number of hydrogen-bond donors (Lipinski definition) is 1. The number of carbonyl (C=O) groups excluding carboxylic acids is 2. The van der Waals surface area contributed by atoms with Gasteiger partial charge < -0.3 is 10.1 Å². The molecule has 17 heavy (non-hydrogen) atoms. The summed E-state index contributed by atoms with van der Waals surface area (Å²) in [4.78, 5) is 22.3. The predicted octanol–water partition coefficient (Wildman–Crippen LogP) is 1.05. The lowest BCUT2D eigenvalue weighted by Gasteiger charge is -2.22. The van der Waals surface area contributed by atoms with Crippen LogP contribution in [-0.4, -0.2) is 24.3 Å². The summed E-state index contributed by atoms with van der Waals surface area (Å²) >= 11 is 0. The largest absolute Gasteiger partial charge is 0.375 e. The fourth-order valence-electron chi connectivity index (χ4n) is 1.85. The molecule has 1 atom stereocenters. The van der Waals surface area contributed by atoms with Crippen LogP contribution in [0.2, 0.25) is 0 Å². The van der Waals surface area contributed by atoms with Crippen LogP contribution in [0.25, 0.3) is 0 Å². The molecular weight excluding hydrogens is 218 g/mol. The SMILES string of the molecule is O=C1CC(=O)N[C@@H](COCc2ccccc2)C1. The highest BCUT2D eigenvalue weighted by molar-refractivity contribution is 6.00. The molecule has 1 heterocycles. The summed E-state index contributed by atoms with van der Waals surface area (Å²) < 4.78 is 5.49. The second-order valence-corrected chi connectivity index (χ2v) is 4.18. The number of amides is 1. The molecule has 4 heteroatoms. The topological polar surface area (TPSA) is 55.4 Å². The van der Waals surface area contributed by atoms with E-state index in [1.54, 1.807) is 0 Å². The molecule has 0 bridgehead atoms. The number of benzene rings is 1. The van der Waals surface area contributed by atoms with Gasteiger partial charge in [0.2, 0.25) is 5.91 Å². The summed E-state index contributed by atoms with van der Waals surface area (Å²) in [5, 5.41) is 2.75. The number of ketones is 1. The molecule has 2 rings (SSSR count). The van der Waals surface area contributed by atoms with E-state index >= 15 is 0 Å². The van der Waals surface area contributed by atoms with E-state index in [0.717, 1.165) is 5.56 Å². The first-order valence-corrected chi connectivity index (χ1v) is 5.67. The van der Waals surface area contributed by atoms with Gasteiger partial charge in [0.1, 0.15) is 5.78 Å². The molecule has 0 aliphatic carbocycles. The second-order valence-electron chi connectivity index (χ2n) is 4.18. The molecule has 0 radical (unpaired) electrons. The molecule has 0 saturated carbocycles. The maximum Gasteiger partial charge on any atom is 0.227 e. The van der Waals surface area contributed by atoms with Crippen molar-refractivity contribution in [2.24, 2.45) is 0 Å². The molecule has 90 valence electrons. The van der Waals surface area contributed by atoms with Gasteiger partial charge in [0.15, 0.2) is 0 Å². The maximum absolute atomic E-state index is 11.2. The van der Waals surface area contributed by atoms with E-state index < -0.39 is 0 Å². The van der Waals surface area contributed by atoms with Gasteiger partial charge in [0.25, 0.3) is 0 Å². The molecule has 1 N–H and O–H groups in total. The first kappa shape index (κ1) is 11.8. The zero-order chi connectivity index (χ0) is 12.1. The number of piperidine rings is 1. The molecule has 1 aliphatic rings. The van der Waals surface area contributed by atoms with Gasteiger partial charge in [-0.1, -0.05) is 30.3 Å². The highest BCUT2D eigenvalue weighted by Gasteiger charge is 2.24. The number of rotatable bonds is 4. The van der Waals surface area contributed by atoms with Gasteiger partial charge in [-0.15, -0.1) is 0 Å². The molecular formula is C13H15NO3. The van der Waals surface area contributed by atoms with Crippen molar-refractivity contribution < 1.29 is 14.3 Å². The molecule has 0 unspecified atom stereocenters. The van der Waals surface area contributed by atoms with E-state index in [9.17, 15) is 9.59 Å². The average molecular weight is 233 g/mol. The van der Waals surface area contributed by atoms with E-state index in [-0.39, 0.29) is 24.2 Å². The molecule has 0 spiro atoms. The Morgan fingerprint density at radius 2 is 2.00 bits per heavy atom. The number of ether oxygens (including phenoxy) is 1. The zero-order valence-electron chi connectivity index (χ0n) is 9.52. The normalized spacial score (nSPS) is 20.1. The van der Waals surface area contributed by atoms with Crippen LogP contribution in [0.1, 0.15) is 18.4 Å². The third-order valence-corrected chi connectivity index (χ3v) is 2.63. The van der Waals surface area contributed by atoms with Crippen LogP contribution < -0.4 is 5.32 Å². The van der Waals surface area contributed by atoms with Crippen molar-refractivity contribution in [1.82, 2.24) is 5.32 Å². The Balaban J connectivity index is 1.75. The van der Waals surface area contributed by atoms with Crippen molar-refractivity contribution >= 4 is 11.7 Å². The first-order valence-electron chi connectivity index (χ1n) is 5.67. The Kier molecular flexibility index (Phi) is 3.88. The number of nitrogens with one attached hydrogen (secondary N) is 1. The van der Waals surface area contributed by atoms with Crippen LogP contribution in [0.15, 0.2) is 30.3 Å². The van der Waals surface area contributed by atoms with E-state index in [2.05, 4.69) is 5.32 Å². The van der Waals surface area contributed by atoms with Gasteiger partial charge in [0, 0.05) is 6.42 Å². The third-order valence-electron chi connectivity index (χ3n) is 2.63. The molecule has 1 amide bonds. The maximum atomic E-state index is 11.2.